The van der Waals surface area contributed by atoms with Gasteiger partial charge in [0.2, 0.25) is 5.91 Å². The summed E-state index contributed by atoms with van der Waals surface area (Å²) in [5, 5.41) is 21.1. The summed E-state index contributed by atoms with van der Waals surface area (Å²) in [5.74, 6) is -0.0551. The Balaban J connectivity index is 2.21. The van der Waals surface area contributed by atoms with Crippen molar-refractivity contribution in [2.24, 2.45) is 16.3 Å². The molecule has 2 fully saturated rings. The number of hydrogen-bond donors (Lipinski definition) is 3. The van der Waals surface area contributed by atoms with Gasteiger partial charge in [-0.1, -0.05) is 18.0 Å². The van der Waals surface area contributed by atoms with E-state index in [4.69, 9.17) is 16.0 Å². The molecular formula is C12H21N3O3. The van der Waals surface area contributed by atoms with Gasteiger partial charge in [0.25, 0.3) is 0 Å². The van der Waals surface area contributed by atoms with Crippen LogP contribution in [0.4, 0.5) is 0 Å². The molecule has 0 aromatic carbocycles. The van der Waals surface area contributed by atoms with Crippen molar-refractivity contribution in [1.82, 2.24) is 4.90 Å². The minimum absolute atomic E-state index is 0.0218. The van der Waals surface area contributed by atoms with Crippen molar-refractivity contribution in [3.63, 3.8) is 0 Å². The fourth-order valence-electron chi connectivity index (χ4n) is 2.87. The highest BCUT2D eigenvalue weighted by atomic mass is 16.4. The van der Waals surface area contributed by atoms with Crippen LogP contribution in [0.15, 0.2) is 5.16 Å². The first-order valence-electron chi connectivity index (χ1n) is 6.55. The van der Waals surface area contributed by atoms with Crippen LogP contribution >= 0.6 is 0 Å². The predicted octanol–water partition coefficient (Wildman–Crippen LogP) is 0.276. The average molecular weight is 255 g/mol. The Hall–Kier alpha value is -1.30. The Labute approximate surface area is 106 Å². The number of rotatable bonds is 5. The zero-order chi connectivity index (χ0) is 13.2. The van der Waals surface area contributed by atoms with Gasteiger partial charge in [0, 0.05) is 12.6 Å². The van der Waals surface area contributed by atoms with E-state index in [1.54, 1.807) is 4.90 Å². The van der Waals surface area contributed by atoms with Crippen molar-refractivity contribution in [3.05, 3.63) is 0 Å². The van der Waals surface area contributed by atoms with Gasteiger partial charge in [-0.05, 0) is 25.7 Å². The normalized spacial score (nSPS) is 23.1. The molecule has 2 saturated carbocycles. The molecule has 0 heterocycles. The van der Waals surface area contributed by atoms with Crippen LogP contribution in [0.5, 0.6) is 0 Å². The Morgan fingerprint density at radius 3 is 2.44 bits per heavy atom. The summed E-state index contributed by atoms with van der Waals surface area (Å²) in [6.45, 7) is 0.290. The minimum atomic E-state index is -0.841. The lowest BCUT2D eigenvalue weighted by Gasteiger charge is -2.33. The zero-order valence-electron chi connectivity index (χ0n) is 10.5. The maximum atomic E-state index is 12.7. The summed E-state index contributed by atoms with van der Waals surface area (Å²) in [5.41, 5.74) is 4.92. The summed E-state index contributed by atoms with van der Waals surface area (Å²) >= 11 is 0. The quantitative estimate of drug-likeness (QED) is 0.284. The number of carbonyl (C=O) groups is 1. The molecule has 0 unspecified atom stereocenters. The molecule has 0 spiro atoms. The van der Waals surface area contributed by atoms with E-state index in [1.165, 1.54) is 0 Å². The first-order chi connectivity index (χ1) is 8.65. The number of amides is 1. The second-order valence-corrected chi connectivity index (χ2v) is 5.23. The topological polar surface area (TPSA) is 99.2 Å². The third-order valence-corrected chi connectivity index (χ3v) is 4.05. The Morgan fingerprint density at radius 2 is 2.00 bits per heavy atom. The van der Waals surface area contributed by atoms with Crippen LogP contribution in [0, 0.1) is 5.41 Å². The molecule has 6 heteroatoms. The van der Waals surface area contributed by atoms with E-state index in [0.717, 1.165) is 25.7 Å². The summed E-state index contributed by atoms with van der Waals surface area (Å²) in [6, 6.07) is 0.230. The smallest absolute Gasteiger partial charge is 0.236 e. The number of amidine groups is 1. The van der Waals surface area contributed by atoms with Crippen molar-refractivity contribution < 1.29 is 15.1 Å². The highest BCUT2D eigenvalue weighted by Gasteiger charge is 2.49. The average Bonchev–Trinajstić information content (AvgIpc) is 3.10. The molecule has 0 atom stereocenters. The molecule has 0 saturated heterocycles. The SMILES string of the molecule is NC(=NO)C1(C(=O)N(CCO)C2CC2)CCCC1. The molecule has 6 nitrogen and oxygen atoms in total. The Bertz CT molecular complexity index is 346. The van der Waals surface area contributed by atoms with Crippen LogP contribution in [-0.4, -0.2) is 46.1 Å². The second-order valence-electron chi connectivity index (χ2n) is 5.23. The van der Waals surface area contributed by atoms with Gasteiger partial charge in [0.05, 0.1) is 6.61 Å². The molecule has 0 aliphatic heterocycles. The summed E-state index contributed by atoms with van der Waals surface area (Å²) in [4.78, 5) is 14.4. The highest BCUT2D eigenvalue weighted by Crippen LogP contribution is 2.42. The van der Waals surface area contributed by atoms with Gasteiger partial charge >= 0.3 is 0 Å². The van der Waals surface area contributed by atoms with Crippen LogP contribution in [-0.2, 0) is 4.79 Å². The van der Waals surface area contributed by atoms with E-state index < -0.39 is 5.41 Å². The molecule has 0 radical (unpaired) electrons. The first-order valence-corrected chi connectivity index (χ1v) is 6.55. The number of aliphatic hydroxyl groups excluding tert-OH is 1. The fraction of sp³-hybridized carbons (Fsp3) is 0.833. The van der Waals surface area contributed by atoms with Crippen LogP contribution < -0.4 is 5.73 Å². The van der Waals surface area contributed by atoms with E-state index in [0.29, 0.717) is 19.4 Å². The third kappa shape index (κ3) is 2.16. The summed E-state index contributed by atoms with van der Waals surface area (Å²) < 4.78 is 0. The van der Waals surface area contributed by atoms with Crippen LogP contribution in [0.25, 0.3) is 0 Å². The third-order valence-electron chi connectivity index (χ3n) is 4.05. The van der Waals surface area contributed by atoms with Gasteiger partial charge in [0.15, 0.2) is 5.84 Å². The molecule has 1 amide bonds. The second kappa shape index (κ2) is 5.14. The van der Waals surface area contributed by atoms with Gasteiger partial charge < -0.3 is 20.9 Å². The molecule has 2 aliphatic rings. The van der Waals surface area contributed by atoms with E-state index in [9.17, 15) is 4.79 Å². The molecule has 4 N–H and O–H groups in total. The van der Waals surface area contributed by atoms with Gasteiger partial charge in [-0.2, -0.15) is 0 Å². The molecule has 2 aliphatic carbocycles. The molecule has 2 rings (SSSR count). The lowest BCUT2D eigenvalue weighted by Crippen LogP contribution is -2.51. The maximum Gasteiger partial charge on any atom is 0.236 e. The number of carbonyl (C=O) groups excluding carboxylic acids is 1. The van der Waals surface area contributed by atoms with Crippen LogP contribution in [0.2, 0.25) is 0 Å². The number of nitrogens with two attached hydrogens (primary N) is 1. The van der Waals surface area contributed by atoms with Gasteiger partial charge in [-0.3, -0.25) is 4.79 Å². The molecule has 18 heavy (non-hydrogen) atoms. The number of aliphatic hydroxyl groups is 1. The molecule has 0 aromatic rings. The van der Waals surface area contributed by atoms with Crippen molar-refractivity contribution in [3.8, 4) is 0 Å². The highest BCUT2D eigenvalue weighted by molar-refractivity contribution is 6.07. The van der Waals surface area contributed by atoms with Crippen molar-refractivity contribution in [2.45, 2.75) is 44.6 Å². The lowest BCUT2D eigenvalue weighted by atomic mass is 9.83. The Kier molecular flexibility index (Phi) is 3.75. The number of oxime groups is 1. The standard InChI is InChI=1S/C12H21N3O3/c13-10(14-18)12(5-1-2-6-12)11(17)15(7-8-16)9-3-4-9/h9,16,18H,1-8H2,(H2,13,14). The molecule has 0 aromatic heterocycles. The lowest BCUT2D eigenvalue weighted by molar-refractivity contribution is -0.139. The van der Waals surface area contributed by atoms with Gasteiger partial charge in [0.1, 0.15) is 5.41 Å². The summed E-state index contributed by atoms with van der Waals surface area (Å²) in [6.07, 6.45) is 5.07. The van der Waals surface area contributed by atoms with Crippen LogP contribution in [0.1, 0.15) is 38.5 Å². The van der Waals surface area contributed by atoms with E-state index in [2.05, 4.69) is 5.16 Å². The monoisotopic (exact) mass is 255 g/mol. The van der Waals surface area contributed by atoms with Gasteiger partial charge in [-0.25, -0.2) is 0 Å². The van der Waals surface area contributed by atoms with E-state index >= 15 is 0 Å². The van der Waals surface area contributed by atoms with Gasteiger partial charge in [-0.15, -0.1) is 0 Å². The molecular weight excluding hydrogens is 234 g/mol. The van der Waals surface area contributed by atoms with E-state index in [-0.39, 0.29) is 24.4 Å². The number of nitrogens with zero attached hydrogens (tertiary/aromatic N) is 2. The van der Waals surface area contributed by atoms with E-state index in [1.807, 2.05) is 0 Å². The molecule has 102 valence electrons. The first kappa shape index (κ1) is 13.1. The van der Waals surface area contributed by atoms with Crippen molar-refractivity contribution in [2.75, 3.05) is 13.2 Å². The predicted molar refractivity (Wildman–Crippen MR) is 66.1 cm³/mol. The number of hydrogen-bond acceptors (Lipinski definition) is 4. The summed E-state index contributed by atoms with van der Waals surface area (Å²) in [7, 11) is 0. The fourth-order valence-corrected chi connectivity index (χ4v) is 2.87. The molecule has 0 bridgehead atoms. The Morgan fingerprint density at radius 1 is 1.39 bits per heavy atom. The zero-order valence-corrected chi connectivity index (χ0v) is 10.5. The van der Waals surface area contributed by atoms with Crippen molar-refractivity contribution in [1.29, 1.82) is 0 Å². The van der Waals surface area contributed by atoms with Crippen LogP contribution in [0.3, 0.4) is 0 Å². The maximum absolute atomic E-state index is 12.7. The largest absolute Gasteiger partial charge is 0.409 e. The minimum Gasteiger partial charge on any atom is -0.409 e. The van der Waals surface area contributed by atoms with Crippen molar-refractivity contribution >= 4 is 11.7 Å².